The monoisotopic (exact) mass is 347 g/mol. The Morgan fingerprint density at radius 3 is 3.04 bits per heavy atom. The van der Waals surface area contributed by atoms with E-state index in [1.807, 2.05) is 17.2 Å². The second-order valence-corrected chi connectivity index (χ2v) is 7.11. The predicted octanol–water partition coefficient (Wildman–Crippen LogP) is 1.76. The third kappa shape index (κ3) is 4.21. The van der Waals surface area contributed by atoms with Gasteiger partial charge in [0, 0.05) is 57.9 Å². The summed E-state index contributed by atoms with van der Waals surface area (Å²) >= 11 is 0. The number of methoxy groups -OCH3 is 1. The standard InChI is InChI=1S/C18H29N5O2/c1-3-19-15-6-9-20-17(21-15)23-10-4-7-18(14-23)8-5-16(24)22(13-18)11-12-25-2/h6,9H,3-5,7-8,10-14H2,1-2H3,(H,19,20,21). The number of likely N-dealkylation sites (tertiary alicyclic amines) is 1. The summed E-state index contributed by atoms with van der Waals surface area (Å²) in [6.45, 7) is 6.90. The highest BCUT2D eigenvalue weighted by Gasteiger charge is 2.42. The summed E-state index contributed by atoms with van der Waals surface area (Å²) < 4.78 is 5.16. The second kappa shape index (κ2) is 7.99. The number of carbonyl (C=O) groups is 1. The van der Waals surface area contributed by atoms with Crippen molar-refractivity contribution in [2.45, 2.75) is 32.6 Å². The third-order valence-corrected chi connectivity index (χ3v) is 5.26. The summed E-state index contributed by atoms with van der Waals surface area (Å²) in [6, 6.07) is 1.90. The van der Waals surface area contributed by atoms with Crippen molar-refractivity contribution in [1.29, 1.82) is 0 Å². The largest absolute Gasteiger partial charge is 0.383 e. The molecule has 1 amide bonds. The van der Waals surface area contributed by atoms with Gasteiger partial charge < -0.3 is 19.9 Å². The topological polar surface area (TPSA) is 70.6 Å². The summed E-state index contributed by atoms with van der Waals surface area (Å²) in [4.78, 5) is 25.6. The molecule has 138 valence electrons. The summed E-state index contributed by atoms with van der Waals surface area (Å²) in [6.07, 6.45) is 5.68. The number of ether oxygens (including phenoxy) is 1. The van der Waals surface area contributed by atoms with E-state index >= 15 is 0 Å². The van der Waals surface area contributed by atoms with Crippen LogP contribution in [0.25, 0.3) is 0 Å². The molecule has 2 aliphatic rings. The number of hydrogen-bond acceptors (Lipinski definition) is 6. The maximum atomic E-state index is 12.2. The first-order valence-corrected chi connectivity index (χ1v) is 9.24. The summed E-state index contributed by atoms with van der Waals surface area (Å²) in [7, 11) is 1.68. The SMILES string of the molecule is CCNc1ccnc(N2CCCC3(CCC(=O)N(CCOC)C3)C2)n1. The number of nitrogens with zero attached hydrogens (tertiary/aromatic N) is 4. The van der Waals surface area contributed by atoms with Crippen LogP contribution in [0.2, 0.25) is 0 Å². The van der Waals surface area contributed by atoms with Crippen molar-refractivity contribution in [1.82, 2.24) is 14.9 Å². The van der Waals surface area contributed by atoms with Gasteiger partial charge in [-0.05, 0) is 32.3 Å². The Morgan fingerprint density at radius 2 is 2.24 bits per heavy atom. The maximum absolute atomic E-state index is 12.2. The number of amides is 1. The van der Waals surface area contributed by atoms with Gasteiger partial charge in [0.2, 0.25) is 11.9 Å². The quantitative estimate of drug-likeness (QED) is 0.846. The minimum absolute atomic E-state index is 0.150. The normalized spacial score (nSPS) is 24.0. The third-order valence-electron chi connectivity index (χ3n) is 5.26. The Labute approximate surface area is 149 Å². The fourth-order valence-electron chi connectivity index (χ4n) is 4.00. The molecule has 1 N–H and O–H groups in total. The molecule has 1 spiro atoms. The highest BCUT2D eigenvalue weighted by Crippen LogP contribution is 2.39. The van der Waals surface area contributed by atoms with Gasteiger partial charge in [0.05, 0.1) is 6.61 Å². The van der Waals surface area contributed by atoms with Crippen LogP contribution < -0.4 is 10.2 Å². The van der Waals surface area contributed by atoms with Crippen LogP contribution in [-0.4, -0.2) is 67.2 Å². The number of aromatic nitrogens is 2. The smallest absolute Gasteiger partial charge is 0.227 e. The van der Waals surface area contributed by atoms with E-state index in [0.29, 0.717) is 19.6 Å². The lowest BCUT2D eigenvalue weighted by Gasteiger charge is -2.48. The van der Waals surface area contributed by atoms with Crippen LogP contribution in [0.4, 0.5) is 11.8 Å². The molecule has 0 radical (unpaired) electrons. The number of hydrogen-bond donors (Lipinski definition) is 1. The molecular weight excluding hydrogens is 318 g/mol. The molecule has 2 fully saturated rings. The van der Waals surface area contributed by atoms with Crippen molar-refractivity contribution < 1.29 is 9.53 Å². The fourth-order valence-corrected chi connectivity index (χ4v) is 4.00. The van der Waals surface area contributed by atoms with Crippen molar-refractivity contribution >= 4 is 17.7 Å². The molecule has 1 unspecified atom stereocenters. The number of carbonyl (C=O) groups excluding carboxylic acids is 1. The van der Waals surface area contributed by atoms with Crippen molar-refractivity contribution in [3.05, 3.63) is 12.3 Å². The molecule has 3 rings (SSSR count). The van der Waals surface area contributed by atoms with Gasteiger partial charge in [-0.3, -0.25) is 4.79 Å². The Kier molecular flexibility index (Phi) is 5.73. The Balaban J connectivity index is 1.71. The average molecular weight is 347 g/mol. The fraction of sp³-hybridized carbons (Fsp3) is 0.722. The summed E-state index contributed by atoms with van der Waals surface area (Å²) in [5, 5.41) is 3.25. The predicted molar refractivity (Wildman–Crippen MR) is 97.8 cm³/mol. The number of piperidine rings is 2. The number of rotatable bonds is 6. The summed E-state index contributed by atoms with van der Waals surface area (Å²) in [5.41, 5.74) is 0.150. The van der Waals surface area contributed by atoms with Crippen LogP contribution in [-0.2, 0) is 9.53 Å². The lowest BCUT2D eigenvalue weighted by molar-refractivity contribution is -0.138. The molecule has 3 heterocycles. The molecular formula is C18H29N5O2. The van der Waals surface area contributed by atoms with Gasteiger partial charge in [-0.2, -0.15) is 4.98 Å². The highest BCUT2D eigenvalue weighted by atomic mass is 16.5. The Bertz CT molecular complexity index is 597. The molecule has 0 aromatic carbocycles. The van der Waals surface area contributed by atoms with E-state index in [1.165, 1.54) is 0 Å². The molecule has 25 heavy (non-hydrogen) atoms. The van der Waals surface area contributed by atoms with Crippen molar-refractivity contribution in [2.24, 2.45) is 5.41 Å². The lowest BCUT2D eigenvalue weighted by Crippen LogP contribution is -2.54. The van der Waals surface area contributed by atoms with E-state index in [2.05, 4.69) is 27.1 Å². The van der Waals surface area contributed by atoms with Crippen LogP contribution in [0.15, 0.2) is 12.3 Å². The van der Waals surface area contributed by atoms with E-state index in [0.717, 1.165) is 57.2 Å². The molecule has 0 saturated carbocycles. The minimum Gasteiger partial charge on any atom is -0.383 e. The van der Waals surface area contributed by atoms with E-state index in [4.69, 9.17) is 4.74 Å². The molecule has 1 aromatic rings. The van der Waals surface area contributed by atoms with Crippen LogP contribution in [0.3, 0.4) is 0 Å². The molecule has 0 aliphatic carbocycles. The van der Waals surface area contributed by atoms with E-state index in [1.54, 1.807) is 7.11 Å². The van der Waals surface area contributed by atoms with Crippen molar-refractivity contribution in [3.8, 4) is 0 Å². The van der Waals surface area contributed by atoms with Gasteiger partial charge >= 0.3 is 0 Å². The molecule has 7 nitrogen and oxygen atoms in total. The van der Waals surface area contributed by atoms with Gasteiger partial charge in [-0.1, -0.05) is 0 Å². The molecule has 2 saturated heterocycles. The molecule has 1 aromatic heterocycles. The zero-order chi connectivity index (χ0) is 17.7. The highest BCUT2D eigenvalue weighted by molar-refractivity contribution is 5.77. The van der Waals surface area contributed by atoms with Gasteiger partial charge in [0.15, 0.2) is 0 Å². The first-order valence-electron chi connectivity index (χ1n) is 9.24. The maximum Gasteiger partial charge on any atom is 0.227 e. The van der Waals surface area contributed by atoms with Crippen molar-refractivity contribution in [2.75, 3.05) is 56.7 Å². The first kappa shape index (κ1) is 17.9. The minimum atomic E-state index is 0.150. The molecule has 0 bridgehead atoms. The zero-order valence-electron chi connectivity index (χ0n) is 15.3. The Morgan fingerprint density at radius 1 is 1.36 bits per heavy atom. The van der Waals surface area contributed by atoms with Crippen molar-refractivity contribution in [3.63, 3.8) is 0 Å². The van der Waals surface area contributed by atoms with Gasteiger partial charge in [0.1, 0.15) is 5.82 Å². The van der Waals surface area contributed by atoms with E-state index in [9.17, 15) is 4.79 Å². The first-order chi connectivity index (χ1) is 12.2. The number of nitrogens with one attached hydrogen (secondary N) is 1. The van der Waals surface area contributed by atoms with Gasteiger partial charge in [0.25, 0.3) is 0 Å². The van der Waals surface area contributed by atoms with Crippen LogP contribution in [0.1, 0.15) is 32.6 Å². The number of anilines is 2. The van der Waals surface area contributed by atoms with Crippen LogP contribution >= 0.6 is 0 Å². The van der Waals surface area contributed by atoms with Gasteiger partial charge in [-0.25, -0.2) is 4.98 Å². The van der Waals surface area contributed by atoms with Gasteiger partial charge in [-0.15, -0.1) is 0 Å². The lowest BCUT2D eigenvalue weighted by atomic mass is 9.73. The summed E-state index contributed by atoms with van der Waals surface area (Å²) in [5.74, 6) is 1.91. The Hall–Kier alpha value is -1.89. The molecule has 2 aliphatic heterocycles. The van der Waals surface area contributed by atoms with E-state index < -0.39 is 0 Å². The van der Waals surface area contributed by atoms with Crippen LogP contribution in [0.5, 0.6) is 0 Å². The molecule has 1 atom stereocenters. The molecule has 7 heteroatoms. The zero-order valence-corrected chi connectivity index (χ0v) is 15.3. The second-order valence-electron chi connectivity index (χ2n) is 7.11. The van der Waals surface area contributed by atoms with E-state index in [-0.39, 0.29) is 11.3 Å². The average Bonchev–Trinajstić information content (AvgIpc) is 2.63. The van der Waals surface area contributed by atoms with Crippen LogP contribution in [0, 0.1) is 5.41 Å².